The molecule has 0 fully saturated rings. The Kier molecular flexibility index (Phi) is 4.55. The standard InChI is InChI=1S/C15H22N4/c1-4-13-6-5-7-16-14(13)11-19-9-8-17-15(19)18-10-12(2)3/h5-9,12H,4,10-11H2,1-3H3,(H,17,18). The molecule has 0 unspecified atom stereocenters. The molecule has 0 aromatic carbocycles. The van der Waals surface area contributed by atoms with Crippen molar-refractivity contribution in [3.8, 4) is 0 Å². The van der Waals surface area contributed by atoms with Crippen LogP contribution in [-0.2, 0) is 13.0 Å². The summed E-state index contributed by atoms with van der Waals surface area (Å²) < 4.78 is 2.11. The third-order valence-electron chi connectivity index (χ3n) is 3.07. The summed E-state index contributed by atoms with van der Waals surface area (Å²) in [5.74, 6) is 1.52. The maximum absolute atomic E-state index is 4.48. The molecule has 0 spiro atoms. The van der Waals surface area contributed by atoms with E-state index in [0.29, 0.717) is 5.92 Å². The van der Waals surface area contributed by atoms with Crippen molar-refractivity contribution in [3.05, 3.63) is 42.0 Å². The molecule has 2 aromatic rings. The van der Waals surface area contributed by atoms with Crippen LogP contribution in [0.2, 0.25) is 0 Å². The van der Waals surface area contributed by atoms with Crippen LogP contribution in [0.3, 0.4) is 0 Å². The van der Waals surface area contributed by atoms with E-state index < -0.39 is 0 Å². The highest BCUT2D eigenvalue weighted by Gasteiger charge is 2.07. The van der Waals surface area contributed by atoms with Gasteiger partial charge in [0.25, 0.3) is 0 Å². The molecule has 0 aliphatic heterocycles. The van der Waals surface area contributed by atoms with Gasteiger partial charge < -0.3 is 9.88 Å². The van der Waals surface area contributed by atoms with E-state index in [9.17, 15) is 0 Å². The molecule has 0 amide bonds. The number of hydrogen-bond acceptors (Lipinski definition) is 3. The molecule has 19 heavy (non-hydrogen) atoms. The summed E-state index contributed by atoms with van der Waals surface area (Å²) in [4.78, 5) is 8.85. The van der Waals surface area contributed by atoms with Gasteiger partial charge in [0.05, 0.1) is 12.2 Å². The fourth-order valence-electron chi connectivity index (χ4n) is 2.00. The van der Waals surface area contributed by atoms with E-state index in [2.05, 4.69) is 46.7 Å². The number of hydrogen-bond donors (Lipinski definition) is 1. The van der Waals surface area contributed by atoms with Gasteiger partial charge in [0, 0.05) is 25.1 Å². The Balaban J connectivity index is 2.12. The molecule has 0 aliphatic carbocycles. The first-order valence-corrected chi connectivity index (χ1v) is 6.88. The second-order valence-electron chi connectivity index (χ2n) is 5.12. The number of rotatable bonds is 6. The Morgan fingerprint density at radius 3 is 2.84 bits per heavy atom. The Morgan fingerprint density at radius 1 is 1.26 bits per heavy atom. The zero-order valence-electron chi connectivity index (χ0n) is 11.9. The van der Waals surface area contributed by atoms with Gasteiger partial charge in [-0.05, 0) is 24.0 Å². The molecule has 1 N–H and O–H groups in total. The minimum atomic E-state index is 0.603. The summed E-state index contributed by atoms with van der Waals surface area (Å²) in [6.45, 7) is 8.24. The largest absolute Gasteiger partial charge is 0.355 e. The molecule has 0 saturated carbocycles. The maximum Gasteiger partial charge on any atom is 0.203 e. The van der Waals surface area contributed by atoms with Crippen molar-refractivity contribution in [2.45, 2.75) is 33.7 Å². The SMILES string of the molecule is CCc1cccnc1Cn1ccnc1NCC(C)C. The zero-order chi connectivity index (χ0) is 13.7. The highest BCUT2D eigenvalue weighted by molar-refractivity contribution is 5.28. The van der Waals surface area contributed by atoms with Crippen LogP contribution < -0.4 is 5.32 Å². The number of nitrogens with zero attached hydrogens (tertiary/aromatic N) is 3. The molecule has 4 nitrogen and oxygen atoms in total. The van der Waals surface area contributed by atoms with Crippen LogP contribution in [0.5, 0.6) is 0 Å². The van der Waals surface area contributed by atoms with Gasteiger partial charge in [-0.15, -0.1) is 0 Å². The molecule has 0 atom stereocenters. The monoisotopic (exact) mass is 258 g/mol. The van der Waals surface area contributed by atoms with E-state index in [0.717, 1.165) is 31.2 Å². The summed E-state index contributed by atoms with van der Waals surface area (Å²) in [5, 5.41) is 3.37. The van der Waals surface area contributed by atoms with Crippen molar-refractivity contribution in [3.63, 3.8) is 0 Å². The average molecular weight is 258 g/mol. The predicted molar refractivity (Wildman–Crippen MR) is 78.3 cm³/mol. The van der Waals surface area contributed by atoms with Crippen molar-refractivity contribution >= 4 is 5.95 Å². The van der Waals surface area contributed by atoms with E-state index in [1.54, 1.807) is 0 Å². The van der Waals surface area contributed by atoms with E-state index >= 15 is 0 Å². The number of aryl methyl sites for hydroxylation is 1. The lowest BCUT2D eigenvalue weighted by Crippen LogP contribution is -2.14. The summed E-state index contributed by atoms with van der Waals surface area (Å²) >= 11 is 0. The first kappa shape index (κ1) is 13.6. The summed E-state index contributed by atoms with van der Waals surface area (Å²) in [6, 6.07) is 4.13. The van der Waals surface area contributed by atoms with E-state index in [4.69, 9.17) is 0 Å². The number of imidazole rings is 1. The summed E-state index contributed by atoms with van der Waals surface area (Å²) in [6.07, 6.45) is 6.69. The Bertz CT molecular complexity index is 516. The molecule has 2 aromatic heterocycles. The maximum atomic E-state index is 4.48. The highest BCUT2D eigenvalue weighted by Crippen LogP contribution is 2.12. The molecule has 0 aliphatic rings. The van der Waals surface area contributed by atoms with Gasteiger partial charge in [-0.2, -0.15) is 0 Å². The number of aromatic nitrogens is 3. The van der Waals surface area contributed by atoms with E-state index in [1.165, 1.54) is 5.56 Å². The second kappa shape index (κ2) is 6.36. The van der Waals surface area contributed by atoms with Crippen LogP contribution in [0.4, 0.5) is 5.95 Å². The molecule has 2 heterocycles. The third kappa shape index (κ3) is 3.56. The van der Waals surface area contributed by atoms with E-state index in [-0.39, 0.29) is 0 Å². The Hall–Kier alpha value is -1.84. The summed E-state index contributed by atoms with van der Waals surface area (Å²) in [5.41, 5.74) is 2.42. The molecular weight excluding hydrogens is 236 g/mol. The number of anilines is 1. The van der Waals surface area contributed by atoms with Crippen molar-refractivity contribution in [2.24, 2.45) is 5.92 Å². The normalized spacial score (nSPS) is 10.9. The topological polar surface area (TPSA) is 42.7 Å². The van der Waals surface area contributed by atoms with Crippen molar-refractivity contribution in [1.82, 2.24) is 14.5 Å². The smallest absolute Gasteiger partial charge is 0.203 e. The highest BCUT2D eigenvalue weighted by atomic mass is 15.2. The molecule has 0 saturated heterocycles. The Morgan fingerprint density at radius 2 is 2.11 bits per heavy atom. The molecule has 0 bridgehead atoms. The van der Waals surface area contributed by atoms with Crippen LogP contribution in [0.1, 0.15) is 32.0 Å². The van der Waals surface area contributed by atoms with Gasteiger partial charge in [0.1, 0.15) is 0 Å². The van der Waals surface area contributed by atoms with Crippen LogP contribution in [0, 0.1) is 5.92 Å². The lowest BCUT2D eigenvalue weighted by molar-refractivity contribution is 0.674. The molecule has 102 valence electrons. The van der Waals surface area contributed by atoms with E-state index in [1.807, 2.05) is 24.7 Å². The lowest BCUT2D eigenvalue weighted by Gasteiger charge is -2.12. The lowest BCUT2D eigenvalue weighted by atomic mass is 10.1. The molecule has 2 rings (SSSR count). The predicted octanol–water partition coefficient (Wildman–Crippen LogP) is 2.96. The minimum Gasteiger partial charge on any atom is -0.355 e. The minimum absolute atomic E-state index is 0.603. The van der Waals surface area contributed by atoms with Gasteiger partial charge in [0.2, 0.25) is 5.95 Å². The zero-order valence-corrected chi connectivity index (χ0v) is 11.9. The molecule has 0 radical (unpaired) electrons. The number of pyridine rings is 1. The van der Waals surface area contributed by atoms with Crippen molar-refractivity contribution in [2.75, 3.05) is 11.9 Å². The van der Waals surface area contributed by atoms with Crippen molar-refractivity contribution < 1.29 is 0 Å². The second-order valence-corrected chi connectivity index (χ2v) is 5.12. The number of nitrogens with one attached hydrogen (secondary N) is 1. The van der Waals surface area contributed by atoms with Crippen LogP contribution in [-0.4, -0.2) is 21.1 Å². The first-order chi connectivity index (χ1) is 9.20. The van der Waals surface area contributed by atoms with Gasteiger partial charge >= 0.3 is 0 Å². The van der Waals surface area contributed by atoms with Gasteiger partial charge in [-0.25, -0.2) is 4.98 Å². The first-order valence-electron chi connectivity index (χ1n) is 6.88. The van der Waals surface area contributed by atoms with Crippen LogP contribution >= 0.6 is 0 Å². The van der Waals surface area contributed by atoms with Gasteiger partial charge in [-0.1, -0.05) is 26.8 Å². The van der Waals surface area contributed by atoms with Crippen LogP contribution in [0.25, 0.3) is 0 Å². The third-order valence-corrected chi connectivity index (χ3v) is 3.07. The Labute approximate surface area is 114 Å². The van der Waals surface area contributed by atoms with Gasteiger partial charge in [-0.3, -0.25) is 4.98 Å². The average Bonchev–Trinajstić information content (AvgIpc) is 2.84. The molecular formula is C15H22N4. The quantitative estimate of drug-likeness (QED) is 0.866. The fourth-order valence-corrected chi connectivity index (χ4v) is 2.00. The van der Waals surface area contributed by atoms with Gasteiger partial charge in [0.15, 0.2) is 0 Å². The van der Waals surface area contributed by atoms with Crippen LogP contribution in [0.15, 0.2) is 30.7 Å². The van der Waals surface area contributed by atoms with Crippen molar-refractivity contribution in [1.29, 1.82) is 0 Å². The summed E-state index contributed by atoms with van der Waals surface area (Å²) in [7, 11) is 0. The fraction of sp³-hybridized carbons (Fsp3) is 0.467. The molecule has 4 heteroatoms.